The third-order valence-corrected chi connectivity index (χ3v) is 4.43. The van der Waals surface area contributed by atoms with Crippen LogP contribution in [0.25, 0.3) is 0 Å². The molecule has 0 aliphatic rings. The minimum atomic E-state index is -0.726. The molecular formula is C17H15Cl2FN3O+. The zero-order valence-electron chi connectivity index (χ0n) is 13.1. The summed E-state index contributed by atoms with van der Waals surface area (Å²) in [6.45, 7) is 2.34. The van der Waals surface area contributed by atoms with E-state index in [9.17, 15) is 9.18 Å². The second kappa shape index (κ2) is 7.18. The first-order valence-corrected chi connectivity index (χ1v) is 7.89. The lowest BCUT2D eigenvalue weighted by atomic mass is 10.2. The zero-order chi connectivity index (χ0) is 17.9. The zero-order valence-corrected chi connectivity index (χ0v) is 14.6. The van der Waals surface area contributed by atoms with Crippen LogP contribution in [0.4, 0.5) is 20.6 Å². The largest absolute Gasteiger partial charge is 0.425 e. The molecule has 0 aromatic heterocycles. The number of hydrogen-bond acceptors (Lipinski definition) is 2. The Morgan fingerprint density at radius 3 is 2.25 bits per heavy atom. The first-order chi connectivity index (χ1) is 11.3. The van der Waals surface area contributed by atoms with Gasteiger partial charge >= 0.3 is 6.03 Å². The predicted molar refractivity (Wildman–Crippen MR) is 94.9 cm³/mol. The third kappa shape index (κ3) is 3.51. The van der Waals surface area contributed by atoms with E-state index in [1.807, 2.05) is 13.0 Å². The SMILES string of the molecule is CC[N@@+](C)(C(=O)Nc1cc(Cl)c(F)c(Cl)c1)c1ccc(C#N)cc1. The molecule has 0 bridgehead atoms. The second-order valence-electron chi connectivity index (χ2n) is 5.35. The highest BCUT2D eigenvalue weighted by atomic mass is 35.5. The fourth-order valence-corrected chi connectivity index (χ4v) is 2.67. The Balaban J connectivity index is 2.32. The van der Waals surface area contributed by atoms with Crippen molar-refractivity contribution >= 4 is 40.6 Å². The summed E-state index contributed by atoms with van der Waals surface area (Å²) in [5.74, 6) is -0.726. The number of hydrogen-bond donors (Lipinski definition) is 1. The number of urea groups is 1. The number of benzene rings is 2. The molecule has 2 rings (SSSR count). The van der Waals surface area contributed by atoms with Crippen LogP contribution in [-0.4, -0.2) is 19.6 Å². The first kappa shape index (κ1) is 18.2. The lowest BCUT2D eigenvalue weighted by Gasteiger charge is -2.29. The number of nitrogens with one attached hydrogen (secondary N) is 1. The van der Waals surface area contributed by atoms with Gasteiger partial charge in [-0.05, 0) is 31.2 Å². The molecule has 0 radical (unpaired) electrons. The highest BCUT2D eigenvalue weighted by Crippen LogP contribution is 2.29. The number of carbonyl (C=O) groups is 1. The molecule has 0 saturated carbocycles. The van der Waals surface area contributed by atoms with Crippen molar-refractivity contribution in [3.8, 4) is 6.07 Å². The van der Waals surface area contributed by atoms with Gasteiger partial charge in [0, 0.05) is 17.8 Å². The number of amides is 2. The van der Waals surface area contributed by atoms with E-state index in [2.05, 4.69) is 5.32 Å². The number of nitrogens with zero attached hydrogens (tertiary/aromatic N) is 2. The summed E-state index contributed by atoms with van der Waals surface area (Å²) in [4.78, 5) is 12.7. The molecule has 2 aromatic carbocycles. The van der Waals surface area contributed by atoms with Crippen LogP contribution in [0.1, 0.15) is 12.5 Å². The number of carbonyl (C=O) groups excluding carboxylic acids is 1. The number of nitriles is 1. The van der Waals surface area contributed by atoms with Crippen molar-refractivity contribution in [1.82, 2.24) is 4.48 Å². The summed E-state index contributed by atoms with van der Waals surface area (Å²) >= 11 is 11.5. The molecule has 7 heteroatoms. The smallest absolute Gasteiger partial charge is 0.275 e. The van der Waals surface area contributed by atoms with E-state index in [4.69, 9.17) is 28.5 Å². The van der Waals surface area contributed by atoms with Gasteiger partial charge in [0.1, 0.15) is 5.69 Å². The number of rotatable bonds is 3. The van der Waals surface area contributed by atoms with Crippen molar-refractivity contribution in [2.45, 2.75) is 6.92 Å². The van der Waals surface area contributed by atoms with Crippen LogP contribution < -0.4 is 9.80 Å². The summed E-state index contributed by atoms with van der Waals surface area (Å²) in [7, 11) is 1.74. The lowest BCUT2D eigenvalue weighted by molar-refractivity contribution is 0.224. The molecule has 1 N–H and O–H groups in total. The van der Waals surface area contributed by atoms with E-state index in [0.29, 0.717) is 23.5 Å². The van der Waals surface area contributed by atoms with E-state index in [0.717, 1.165) is 0 Å². The normalized spacial score (nSPS) is 13.0. The molecule has 0 unspecified atom stereocenters. The van der Waals surface area contributed by atoms with E-state index in [-0.39, 0.29) is 20.6 Å². The predicted octanol–water partition coefficient (Wildman–Crippen LogP) is 5.19. The molecule has 1 atom stereocenters. The van der Waals surface area contributed by atoms with Crippen LogP contribution in [0.2, 0.25) is 10.0 Å². The van der Waals surface area contributed by atoms with Gasteiger partial charge in [-0.2, -0.15) is 5.26 Å². The minimum absolute atomic E-state index is 0.0572. The Labute approximate surface area is 149 Å². The van der Waals surface area contributed by atoms with Gasteiger partial charge in [-0.3, -0.25) is 5.32 Å². The third-order valence-electron chi connectivity index (χ3n) is 3.88. The summed E-state index contributed by atoms with van der Waals surface area (Å²) in [6.07, 6.45) is 0. The van der Waals surface area contributed by atoms with Gasteiger partial charge in [0.2, 0.25) is 0 Å². The van der Waals surface area contributed by atoms with Gasteiger partial charge in [0.15, 0.2) is 5.82 Å². The van der Waals surface area contributed by atoms with Crippen molar-refractivity contribution in [2.24, 2.45) is 0 Å². The van der Waals surface area contributed by atoms with Crippen molar-refractivity contribution in [2.75, 3.05) is 18.9 Å². The molecule has 0 heterocycles. The maximum Gasteiger partial charge on any atom is 0.425 e. The molecule has 4 nitrogen and oxygen atoms in total. The minimum Gasteiger partial charge on any atom is -0.275 e. The van der Waals surface area contributed by atoms with E-state index < -0.39 is 5.82 Å². The van der Waals surface area contributed by atoms with Crippen LogP contribution in [0.3, 0.4) is 0 Å². The lowest BCUT2D eigenvalue weighted by Crippen LogP contribution is -2.52. The molecule has 0 aliphatic heterocycles. The molecule has 0 aliphatic carbocycles. The van der Waals surface area contributed by atoms with Crippen LogP contribution in [0.5, 0.6) is 0 Å². The number of halogens is 3. The number of anilines is 1. The van der Waals surface area contributed by atoms with Gasteiger partial charge in [-0.1, -0.05) is 23.2 Å². The highest BCUT2D eigenvalue weighted by molar-refractivity contribution is 6.35. The Kier molecular flexibility index (Phi) is 5.45. The maximum absolute atomic E-state index is 13.5. The van der Waals surface area contributed by atoms with Crippen LogP contribution >= 0.6 is 23.2 Å². The monoisotopic (exact) mass is 366 g/mol. The average Bonchev–Trinajstić information content (AvgIpc) is 2.58. The van der Waals surface area contributed by atoms with Crippen LogP contribution in [0.15, 0.2) is 36.4 Å². The van der Waals surface area contributed by atoms with E-state index >= 15 is 0 Å². The van der Waals surface area contributed by atoms with E-state index in [1.54, 1.807) is 31.3 Å². The van der Waals surface area contributed by atoms with Crippen molar-refractivity contribution in [3.05, 3.63) is 57.8 Å². The van der Waals surface area contributed by atoms with Gasteiger partial charge in [-0.25, -0.2) is 13.7 Å². The second-order valence-corrected chi connectivity index (χ2v) is 6.16. The average molecular weight is 367 g/mol. The summed E-state index contributed by atoms with van der Waals surface area (Å²) < 4.78 is 13.4. The van der Waals surface area contributed by atoms with Gasteiger partial charge in [0.25, 0.3) is 0 Å². The maximum atomic E-state index is 13.5. The Morgan fingerprint density at radius 2 is 1.79 bits per heavy atom. The molecule has 0 fully saturated rings. The quantitative estimate of drug-likeness (QED) is 0.599. The highest BCUT2D eigenvalue weighted by Gasteiger charge is 2.33. The Morgan fingerprint density at radius 1 is 1.25 bits per heavy atom. The van der Waals surface area contributed by atoms with Gasteiger partial charge in [0.05, 0.1) is 35.3 Å². The van der Waals surface area contributed by atoms with Crippen LogP contribution in [0, 0.1) is 17.1 Å². The molecular weight excluding hydrogens is 352 g/mol. The molecule has 2 amide bonds. The summed E-state index contributed by atoms with van der Waals surface area (Å²) in [5.41, 5.74) is 1.54. The molecule has 0 spiro atoms. The molecule has 124 valence electrons. The molecule has 24 heavy (non-hydrogen) atoms. The standard InChI is InChI=1S/C17H14Cl2FN3O/c1-3-23(2,13-6-4-11(10-21)5-7-13)17(24)22-12-8-14(18)16(20)15(19)9-12/h4-9H,3H2,1-2H3/p+1/t23-/m1/s1. The molecule has 2 aromatic rings. The fourth-order valence-electron chi connectivity index (χ4n) is 2.18. The topological polar surface area (TPSA) is 52.9 Å². The first-order valence-electron chi connectivity index (χ1n) is 7.14. The Bertz CT molecular complexity index is 795. The molecule has 0 saturated heterocycles. The summed E-state index contributed by atoms with van der Waals surface area (Å²) in [6, 6.07) is 11.1. The van der Waals surface area contributed by atoms with Gasteiger partial charge < -0.3 is 0 Å². The van der Waals surface area contributed by atoms with Crippen molar-refractivity contribution < 1.29 is 9.18 Å². The van der Waals surface area contributed by atoms with Crippen LogP contribution in [-0.2, 0) is 0 Å². The fraction of sp³-hybridized carbons (Fsp3) is 0.176. The van der Waals surface area contributed by atoms with Gasteiger partial charge in [-0.15, -0.1) is 0 Å². The number of quaternary nitrogens is 1. The van der Waals surface area contributed by atoms with Crippen molar-refractivity contribution in [1.29, 1.82) is 5.26 Å². The summed E-state index contributed by atoms with van der Waals surface area (Å²) in [5, 5.41) is 11.2. The van der Waals surface area contributed by atoms with E-state index in [1.165, 1.54) is 12.1 Å². The Hall–Kier alpha value is -2.13. The van der Waals surface area contributed by atoms with Crippen molar-refractivity contribution in [3.63, 3.8) is 0 Å².